The fraction of sp³-hybridized carbons (Fsp3) is 0. The van der Waals surface area contributed by atoms with E-state index in [0.717, 1.165) is 0 Å². The minimum absolute atomic E-state index is 0.0833. The first-order valence-corrected chi connectivity index (χ1v) is 2.96. The molecule has 2 N–H and O–H groups in total. The van der Waals surface area contributed by atoms with Crippen molar-refractivity contribution >= 4 is 11.8 Å². The Kier molecular flexibility index (Phi) is 1.96. The second-order valence-electron chi connectivity index (χ2n) is 1.93. The molecule has 0 radical (unpaired) electrons. The summed E-state index contributed by atoms with van der Waals surface area (Å²) in [6.07, 6.45) is -1.23. The molecule has 0 bridgehead atoms. The lowest BCUT2D eigenvalue weighted by atomic mass is 10.3. The third kappa shape index (κ3) is 1.86. The monoisotopic (exact) mass is 152 g/mol. The zero-order valence-electron chi connectivity index (χ0n) is 5.57. The molecule has 0 atom stereocenters. The van der Waals surface area contributed by atoms with Crippen LogP contribution < -0.4 is 10.4 Å². The Morgan fingerprint density at radius 1 is 1.45 bits per heavy atom. The third-order valence-electron chi connectivity index (χ3n) is 1.13. The van der Waals surface area contributed by atoms with Crippen LogP contribution in [0.5, 0.6) is 5.75 Å². The molecule has 1 amide bonds. The first-order valence-electron chi connectivity index (χ1n) is 2.96. The van der Waals surface area contributed by atoms with E-state index in [2.05, 4.69) is 0 Å². The summed E-state index contributed by atoms with van der Waals surface area (Å²) in [4.78, 5) is 10.1. The van der Waals surface area contributed by atoms with Crippen molar-refractivity contribution < 1.29 is 15.0 Å². The lowest BCUT2D eigenvalue weighted by Gasteiger charge is -2.10. The predicted octanol–water partition coefficient (Wildman–Crippen LogP) is 0.850. The van der Waals surface area contributed by atoms with Crippen LogP contribution in [-0.4, -0.2) is 11.2 Å². The molecule has 1 rings (SSSR count). The van der Waals surface area contributed by atoms with Crippen molar-refractivity contribution in [3.63, 3.8) is 0 Å². The highest BCUT2D eigenvalue weighted by Gasteiger charge is 1.95. The largest absolute Gasteiger partial charge is 0.871 e. The van der Waals surface area contributed by atoms with Crippen molar-refractivity contribution in [2.75, 3.05) is 5.32 Å². The number of hydrogen-bond donors (Lipinski definition) is 2. The van der Waals surface area contributed by atoms with E-state index < -0.39 is 6.09 Å². The molecule has 4 heteroatoms. The minimum atomic E-state index is -1.23. The summed E-state index contributed by atoms with van der Waals surface area (Å²) < 4.78 is 0. The van der Waals surface area contributed by atoms with Gasteiger partial charge < -0.3 is 10.2 Å². The van der Waals surface area contributed by atoms with E-state index in [1.807, 2.05) is 5.32 Å². The van der Waals surface area contributed by atoms with Crippen molar-refractivity contribution in [3.8, 4) is 5.75 Å². The second kappa shape index (κ2) is 2.92. The van der Waals surface area contributed by atoms with Crippen LogP contribution in [0.2, 0.25) is 0 Å². The van der Waals surface area contributed by atoms with Gasteiger partial charge >= 0.3 is 6.09 Å². The van der Waals surface area contributed by atoms with Crippen LogP contribution in [0.3, 0.4) is 0 Å². The number of para-hydroxylation sites is 2. The van der Waals surface area contributed by atoms with E-state index in [1.54, 1.807) is 12.1 Å². The van der Waals surface area contributed by atoms with Gasteiger partial charge in [-0.15, -0.1) is 0 Å². The molecule has 1 aromatic carbocycles. The lowest BCUT2D eigenvalue weighted by Crippen LogP contribution is -2.09. The molecule has 4 nitrogen and oxygen atoms in total. The van der Waals surface area contributed by atoms with Crippen molar-refractivity contribution in [3.05, 3.63) is 24.3 Å². The number of carbonyl (C=O) groups is 1. The number of rotatable bonds is 1. The van der Waals surface area contributed by atoms with Gasteiger partial charge in [0.1, 0.15) is 0 Å². The zero-order chi connectivity index (χ0) is 8.27. The molecule has 0 aliphatic heterocycles. The summed E-state index contributed by atoms with van der Waals surface area (Å²) in [5, 5.41) is 21.0. The highest BCUT2D eigenvalue weighted by Crippen LogP contribution is 2.17. The summed E-state index contributed by atoms with van der Waals surface area (Å²) in [5.74, 6) is -0.324. The minimum Gasteiger partial charge on any atom is -0.871 e. The molecular weight excluding hydrogens is 146 g/mol. The van der Waals surface area contributed by atoms with Crippen LogP contribution in [0.25, 0.3) is 0 Å². The summed E-state index contributed by atoms with van der Waals surface area (Å²) >= 11 is 0. The van der Waals surface area contributed by atoms with E-state index in [4.69, 9.17) is 5.11 Å². The summed E-state index contributed by atoms with van der Waals surface area (Å²) in [5.41, 5.74) is 0.0833. The molecule has 0 unspecified atom stereocenters. The van der Waals surface area contributed by atoms with Gasteiger partial charge in [-0.05, 0) is 6.07 Å². The van der Waals surface area contributed by atoms with Crippen LogP contribution in [-0.2, 0) is 0 Å². The Morgan fingerprint density at radius 3 is 2.64 bits per heavy atom. The quantitative estimate of drug-likeness (QED) is 0.626. The number of hydrogen-bond acceptors (Lipinski definition) is 2. The van der Waals surface area contributed by atoms with E-state index in [-0.39, 0.29) is 11.4 Å². The first-order chi connectivity index (χ1) is 5.20. The van der Waals surface area contributed by atoms with E-state index in [0.29, 0.717) is 0 Å². The van der Waals surface area contributed by atoms with Crippen LogP contribution in [0.4, 0.5) is 10.5 Å². The molecule has 58 valence electrons. The smallest absolute Gasteiger partial charge is 0.409 e. The van der Waals surface area contributed by atoms with Crippen LogP contribution >= 0.6 is 0 Å². The molecule has 0 saturated carbocycles. The molecule has 0 aromatic heterocycles. The average molecular weight is 152 g/mol. The zero-order valence-corrected chi connectivity index (χ0v) is 5.57. The van der Waals surface area contributed by atoms with Crippen molar-refractivity contribution in [2.45, 2.75) is 0 Å². The van der Waals surface area contributed by atoms with Gasteiger partial charge in [-0.25, -0.2) is 4.79 Å². The number of benzene rings is 1. The number of anilines is 1. The second-order valence-corrected chi connectivity index (χ2v) is 1.93. The number of amides is 1. The Hall–Kier alpha value is -1.71. The summed E-state index contributed by atoms with van der Waals surface area (Å²) in [6, 6.07) is 5.85. The maximum Gasteiger partial charge on any atom is 0.409 e. The molecule has 0 aliphatic rings. The van der Waals surface area contributed by atoms with Gasteiger partial charge in [-0.1, -0.05) is 23.9 Å². The van der Waals surface area contributed by atoms with Crippen molar-refractivity contribution in [2.24, 2.45) is 0 Å². The van der Waals surface area contributed by atoms with Crippen LogP contribution in [0, 0.1) is 0 Å². The van der Waals surface area contributed by atoms with Gasteiger partial charge in [0.05, 0.1) is 0 Å². The SMILES string of the molecule is O=C(O)Nc1ccccc1[O-]. The molecule has 0 fully saturated rings. The van der Waals surface area contributed by atoms with Gasteiger partial charge in [0, 0.05) is 5.69 Å². The van der Waals surface area contributed by atoms with E-state index in [9.17, 15) is 9.90 Å². The Balaban J connectivity index is 2.86. The summed E-state index contributed by atoms with van der Waals surface area (Å²) in [7, 11) is 0. The average Bonchev–Trinajstić information content (AvgIpc) is 1.93. The van der Waals surface area contributed by atoms with Gasteiger partial charge in [0.15, 0.2) is 0 Å². The Morgan fingerprint density at radius 2 is 2.09 bits per heavy atom. The van der Waals surface area contributed by atoms with Crippen molar-refractivity contribution in [1.29, 1.82) is 0 Å². The topological polar surface area (TPSA) is 72.4 Å². The third-order valence-corrected chi connectivity index (χ3v) is 1.13. The maximum atomic E-state index is 10.8. The highest BCUT2D eigenvalue weighted by atomic mass is 16.4. The predicted molar refractivity (Wildman–Crippen MR) is 37.5 cm³/mol. The van der Waals surface area contributed by atoms with E-state index in [1.165, 1.54) is 12.1 Å². The molecule has 11 heavy (non-hydrogen) atoms. The molecule has 0 heterocycles. The van der Waals surface area contributed by atoms with Gasteiger partial charge in [0.25, 0.3) is 0 Å². The van der Waals surface area contributed by atoms with Crippen LogP contribution in [0.1, 0.15) is 0 Å². The lowest BCUT2D eigenvalue weighted by molar-refractivity contribution is -0.267. The summed E-state index contributed by atoms with van der Waals surface area (Å²) in [6.45, 7) is 0. The number of carboxylic acid groups (broad SMARTS) is 1. The normalized spacial score (nSPS) is 9.09. The standard InChI is InChI=1S/C7H7NO3/c9-6-4-2-1-3-5(6)8-7(10)11/h1-4,8-9H,(H,10,11)/p-1. The maximum absolute atomic E-state index is 10.8. The fourth-order valence-electron chi connectivity index (χ4n) is 0.685. The Bertz CT molecular complexity index is 272. The highest BCUT2D eigenvalue weighted by molar-refractivity contribution is 5.84. The van der Waals surface area contributed by atoms with Gasteiger partial charge in [-0.3, -0.25) is 5.32 Å². The Labute approximate surface area is 63.1 Å². The molecular formula is C7H6NO3-. The number of nitrogens with one attached hydrogen (secondary N) is 1. The van der Waals surface area contributed by atoms with Gasteiger partial charge in [0.2, 0.25) is 0 Å². The van der Waals surface area contributed by atoms with E-state index >= 15 is 0 Å². The first kappa shape index (κ1) is 7.40. The molecule has 0 spiro atoms. The van der Waals surface area contributed by atoms with Crippen LogP contribution in [0.15, 0.2) is 24.3 Å². The van der Waals surface area contributed by atoms with Gasteiger partial charge in [-0.2, -0.15) is 0 Å². The fourth-order valence-corrected chi connectivity index (χ4v) is 0.685. The molecule has 0 saturated heterocycles. The molecule has 0 aliphatic carbocycles. The van der Waals surface area contributed by atoms with Crippen molar-refractivity contribution in [1.82, 2.24) is 0 Å². The molecule has 1 aromatic rings.